The SMILES string of the molecule is CS(=O)(=O)N1CCC(C(O)N[C@@H](CCOCCCC(=O)NCCOCCOCCNC(=O)COc2cccc3c2C(=O)N(C2CCC(=O)NC2=O)C3=O)C(=O)NC2NC(c3ccccc3)CS2)C1. The molecule has 0 saturated carbocycles. The van der Waals surface area contributed by atoms with E-state index in [9.17, 15) is 47.1 Å². The molecule has 4 aliphatic rings. The van der Waals surface area contributed by atoms with Gasteiger partial charge in [-0.1, -0.05) is 36.4 Å². The van der Waals surface area contributed by atoms with Crippen molar-refractivity contribution in [1.29, 1.82) is 0 Å². The molecule has 2 aromatic carbocycles. The molecule has 68 heavy (non-hydrogen) atoms. The Kier molecular flexibility index (Phi) is 19.6. The minimum Gasteiger partial charge on any atom is -0.483 e. The van der Waals surface area contributed by atoms with Crippen molar-refractivity contribution in [3.05, 3.63) is 65.2 Å². The predicted molar refractivity (Wildman–Crippen MR) is 245 cm³/mol. The number of benzene rings is 2. The summed E-state index contributed by atoms with van der Waals surface area (Å²) in [6, 6.07) is 12.4. The first-order valence-corrected chi connectivity index (χ1v) is 25.5. The van der Waals surface area contributed by atoms with Crippen molar-refractivity contribution < 1.29 is 66.0 Å². The maximum Gasteiger partial charge on any atom is 0.266 e. The average molecular weight is 989 g/mol. The van der Waals surface area contributed by atoms with Gasteiger partial charge in [-0.3, -0.25) is 54.4 Å². The second-order valence-electron chi connectivity index (χ2n) is 16.5. The summed E-state index contributed by atoms with van der Waals surface area (Å²) in [6.45, 7) is 1.78. The second kappa shape index (κ2) is 25.5. The van der Waals surface area contributed by atoms with Crippen LogP contribution < -0.4 is 36.6 Å². The van der Waals surface area contributed by atoms with Gasteiger partial charge >= 0.3 is 0 Å². The normalized spacial score (nSPS) is 21.6. The third-order valence-electron chi connectivity index (χ3n) is 11.6. The number of nitrogens with one attached hydrogen (secondary N) is 6. The molecule has 6 atom stereocenters. The largest absolute Gasteiger partial charge is 0.483 e. The van der Waals surface area contributed by atoms with E-state index in [1.54, 1.807) is 11.8 Å². The van der Waals surface area contributed by atoms with Gasteiger partial charge in [-0.25, -0.2) is 12.7 Å². The van der Waals surface area contributed by atoms with Crippen molar-refractivity contribution in [2.24, 2.45) is 5.92 Å². The zero-order chi connectivity index (χ0) is 48.6. The molecule has 24 heteroatoms. The summed E-state index contributed by atoms with van der Waals surface area (Å²) < 4.78 is 47.7. The summed E-state index contributed by atoms with van der Waals surface area (Å²) in [5.74, 6) is -3.26. The van der Waals surface area contributed by atoms with Gasteiger partial charge < -0.3 is 40.0 Å². The van der Waals surface area contributed by atoms with Gasteiger partial charge in [0.1, 0.15) is 23.5 Å². The summed E-state index contributed by atoms with van der Waals surface area (Å²) in [7, 11) is -3.41. The van der Waals surface area contributed by atoms with Crippen molar-refractivity contribution >= 4 is 63.1 Å². The summed E-state index contributed by atoms with van der Waals surface area (Å²) >= 11 is 1.57. The highest BCUT2D eigenvalue weighted by molar-refractivity contribution is 8.00. The lowest BCUT2D eigenvalue weighted by Gasteiger charge is -2.27. The maximum absolute atomic E-state index is 13.5. The standard InChI is InChI=1S/C44H60N8O14S2/c1-68(61,62)51-18-14-29(25-51)39(56)47-31(40(57)50-44-48-32(27-67-44)28-7-3-2-4-8-28)15-20-63-19-6-11-35(53)45-16-21-64-23-24-65-22-17-46-37(55)26-66-34-10-5-9-30-38(34)43(60)52(42(30)59)33-12-13-36(54)49-41(33)58/h2-5,7-10,29,31-33,39,44,47-48,56H,6,11-27H2,1H3,(H,45,53)(H,46,55)(H,50,57)(H,49,54,58)/t29?,31-,32?,33?,39?,44?/m0/s1. The number of thioether (sulfide) groups is 1. The number of hydrogen-bond acceptors (Lipinski definition) is 17. The Morgan fingerprint density at radius 3 is 2.31 bits per heavy atom. The Morgan fingerprint density at radius 1 is 0.882 bits per heavy atom. The summed E-state index contributed by atoms with van der Waals surface area (Å²) in [5.41, 5.74) is 0.748. The summed E-state index contributed by atoms with van der Waals surface area (Å²) in [6.07, 6.45) is 1.34. The maximum atomic E-state index is 13.5. The van der Waals surface area contributed by atoms with E-state index >= 15 is 0 Å². The van der Waals surface area contributed by atoms with E-state index in [2.05, 4.69) is 31.9 Å². The van der Waals surface area contributed by atoms with Gasteiger partial charge in [0, 0.05) is 69.9 Å². The van der Waals surface area contributed by atoms with Crippen molar-refractivity contribution in [2.45, 2.75) is 68.4 Å². The van der Waals surface area contributed by atoms with Crippen LogP contribution in [0.5, 0.6) is 5.75 Å². The topological polar surface area (TPSA) is 289 Å². The first-order chi connectivity index (χ1) is 32.7. The van der Waals surface area contributed by atoms with Gasteiger partial charge in [0.2, 0.25) is 33.7 Å². The number of aliphatic hydroxyl groups excluding tert-OH is 1. The van der Waals surface area contributed by atoms with Crippen LogP contribution in [0, 0.1) is 5.92 Å². The van der Waals surface area contributed by atoms with E-state index in [0.29, 0.717) is 19.4 Å². The third kappa shape index (κ3) is 15.0. The van der Waals surface area contributed by atoms with Gasteiger partial charge in [-0.2, -0.15) is 0 Å². The molecule has 0 bridgehead atoms. The van der Waals surface area contributed by atoms with Gasteiger partial charge in [0.05, 0.1) is 49.9 Å². The van der Waals surface area contributed by atoms with E-state index < -0.39 is 64.5 Å². The molecule has 22 nitrogen and oxygen atoms in total. The number of imide groups is 2. The van der Waals surface area contributed by atoms with Gasteiger partial charge in [0.15, 0.2) is 6.61 Å². The minimum absolute atomic E-state index is 0.0108. The van der Waals surface area contributed by atoms with E-state index in [4.69, 9.17) is 18.9 Å². The number of nitrogens with zero attached hydrogens (tertiary/aromatic N) is 2. The monoisotopic (exact) mass is 988 g/mol. The highest BCUT2D eigenvalue weighted by atomic mass is 32.2. The lowest BCUT2D eigenvalue weighted by molar-refractivity contribution is -0.136. The van der Waals surface area contributed by atoms with E-state index in [1.165, 1.54) is 22.5 Å². The summed E-state index contributed by atoms with van der Waals surface area (Å²) in [5, 5.41) is 28.0. The Hall–Kier alpha value is -5.05. The molecule has 2 aromatic rings. The minimum atomic E-state index is -3.41. The molecular weight excluding hydrogens is 929 g/mol. The average Bonchev–Trinajstić information content (AvgIpc) is 4.07. The van der Waals surface area contributed by atoms with Crippen molar-refractivity contribution in [3.8, 4) is 5.75 Å². The van der Waals surface area contributed by atoms with E-state index in [1.807, 2.05) is 30.3 Å². The molecule has 3 fully saturated rings. The van der Waals surface area contributed by atoms with Gasteiger partial charge in [0.25, 0.3) is 17.7 Å². The van der Waals surface area contributed by atoms with Gasteiger partial charge in [-0.15, -0.1) is 11.8 Å². The molecule has 3 saturated heterocycles. The fourth-order valence-corrected chi connectivity index (χ4v) is 10.0. The zero-order valence-corrected chi connectivity index (χ0v) is 39.4. The van der Waals surface area contributed by atoms with Gasteiger partial charge in [-0.05, 0) is 43.4 Å². The molecule has 0 aliphatic carbocycles. The quantitative estimate of drug-likeness (QED) is 0.0320. The number of ether oxygens (including phenoxy) is 4. The van der Waals surface area contributed by atoms with Crippen LogP contribution in [0.4, 0.5) is 0 Å². The third-order valence-corrected chi connectivity index (χ3v) is 14.0. The number of hydrogen-bond donors (Lipinski definition) is 7. The molecule has 0 aromatic heterocycles. The zero-order valence-electron chi connectivity index (χ0n) is 37.8. The van der Waals surface area contributed by atoms with E-state index in [-0.39, 0.29) is 131 Å². The number of carbonyl (C=O) groups excluding carboxylic acids is 7. The molecular formula is C44H60N8O14S2. The highest BCUT2D eigenvalue weighted by Gasteiger charge is 2.46. The van der Waals surface area contributed by atoms with Crippen LogP contribution in [0.1, 0.15) is 70.8 Å². The predicted octanol–water partition coefficient (Wildman–Crippen LogP) is -1.05. The molecule has 6 rings (SSSR count). The molecule has 0 radical (unpaired) electrons. The number of sulfonamides is 1. The first kappa shape index (κ1) is 52.3. The molecule has 4 aliphatic heterocycles. The van der Waals surface area contributed by atoms with Crippen LogP contribution in [0.25, 0.3) is 0 Å². The molecule has 4 heterocycles. The fourth-order valence-electron chi connectivity index (χ4n) is 7.98. The van der Waals surface area contributed by atoms with Crippen LogP contribution in [0.2, 0.25) is 0 Å². The Labute approximate surface area is 398 Å². The van der Waals surface area contributed by atoms with E-state index in [0.717, 1.165) is 22.5 Å². The smallest absolute Gasteiger partial charge is 0.266 e. The van der Waals surface area contributed by atoms with Crippen LogP contribution in [-0.2, 0) is 48.2 Å². The lowest BCUT2D eigenvalue weighted by atomic mass is 10.0. The molecule has 7 N–H and O–H groups in total. The van der Waals surface area contributed by atoms with Crippen LogP contribution in [-0.4, -0.2) is 172 Å². The van der Waals surface area contributed by atoms with Crippen molar-refractivity contribution in [1.82, 2.24) is 41.1 Å². The molecule has 5 unspecified atom stereocenters. The lowest BCUT2D eigenvalue weighted by Crippen LogP contribution is -2.54. The number of rotatable bonds is 27. The highest BCUT2D eigenvalue weighted by Crippen LogP contribution is 2.34. The molecule has 372 valence electrons. The number of carbonyl (C=O) groups is 7. The number of aliphatic hydroxyl groups is 1. The van der Waals surface area contributed by atoms with Crippen LogP contribution >= 0.6 is 11.8 Å². The summed E-state index contributed by atoms with van der Waals surface area (Å²) in [4.78, 5) is 89.2. The van der Waals surface area contributed by atoms with Crippen molar-refractivity contribution in [3.63, 3.8) is 0 Å². The number of amides is 7. The second-order valence-corrected chi connectivity index (χ2v) is 19.7. The first-order valence-electron chi connectivity index (χ1n) is 22.6. The number of piperidine rings is 1. The molecule has 0 spiro atoms. The Bertz CT molecular complexity index is 2220. The van der Waals surface area contributed by atoms with Crippen LogP contribution in [0.15, 0.2) is 48.5 Å². The van der Waals surface area contributed by atoms with Crippen molar-refractivity contribution in [2.75, 3.05) is 84.4 Å². The fraction of sp³-hybridized carbons (Fsp3) is 0.568. The Balaban J connectivity index is 0.788. The van der Waals surface area contributed by atoms with Crippen LogP contribution in [0.3, 0.4) is 0 Å². The number of fused-ring (bicyclic) bond motifs is 1. The molecule has 7 amide bonds. The Morgan fingerprint density at radius 2 is 1.60 bits per heavy atom.